The molecular weight excluding hydrogens is 255 g/mol. The summed E-state index contributed by atoms with van der Waals surface area (Å²) in [5.74, 6) is -1.49. The van der Waals surface area contributed by atoms with E-state index >= 15 is 0 Å². The molecule has 4 atom stereocenters. The Balaban J connectivity index is 1.96. The molecule has 2 heterocycles. The van der Waals surface area contributed by atoms with Crippen molar-refractivity contribution >= 4 is 17.6 Å². The fourth-order valence-electron chi connectivity index (χ4n) is 2.48. The summed E-state index contributed by atoms with van der Waals surface area (Å²) in [7, 11) is 0. The van der Waals surface area contributed by atoms with Crippen LogP contribution in [0.15, 0.2) is 0 Å². The minimum absolute atomic E-state index is 0.0767. The second kappa shape index (κ2) is 5.24. The third-order valence-corrected chi connectivity index (χ3v) is 3.72. The van der Waals surface area contributed by atoms with E-state index in [0.29, 0.717) is 6.42 Å². The molecule has 0 radical (unpaired) electrons. The maximum Gasteiger partial charge on any atom is 0.223 e. The summed E-state index contributed by atoms with van der Waals surface area (Å²) in [5, 5.41) is 0. The molecule has 2 aliphatic heterocycles. The SMILES string of the molecule is CC(CCC(=O)N1CC(F)C2OCC(=O)C21)C(N)=O. The first-order valence-corrected chi connectivity index (χ1v) is 6.29. The van der Waals surface area contributed by atoms with E-state index in [0.717, 1.165) is 0 Å². The van der Waals surface area contributed by atoms with Gasteiger partial charge in [-0.3, -0.25) is 14.4 Å². The highest BCUT2D eigenvalue weighted by Gasteiger charge is 2.52. The lowest BCUT2D eigenvalue weighted by atomic mass is 10.0. The monoisotopic (exact) mass is 272 g/mol. The third-order valence-electron chi connectivity index (χ3n) is 3.72. The van der Waals surface area contributed by atoms with Crippen molar-refractivity contribution in [1.29, 1.82) is 0 Å². The number of ether oxygens (including phenoxy) is 1. The third kappa shape index (κ3) is 2.60. The molecule has 0 aromatic carbocycles. The number of fused-ring (bicyclic) bond motifs is 1. The summed E-state index contributed by atoms with van der Waals surface area (Å²) in [4.78, 5) is 35.7. The number of likely N-dealkylation sites (tertiary alicyclic amines) is 1. The minimum Gasteiger partial charge on any atom is -0.369 e. The predicted molar refractivity (Wildman–Crippen MR) is 62.7 cm³/mol. The van der Waals surface area contributed by atoms with Crippen LogP contribution in [0.5, 0.6) is 0 Å². The fourth-order valence-corrected chi connectivity index (χ4v) is 2.48. The lowest BCUT2D eigenvalue weighted by Crippen LogP contribution is -2.42. The highest BCUT2D eigenvalue weighted by atomic mass is 19.1. The van der Waals surface area contributed by atoms with Gasteiger partial charge in [-0.25, -0.2) is 4.39 Å². The van der Waals surface area contributed by atoms with Crippen LogP contribution in [-0.2, 0) is 19.1 Å². The van der Waals surface area contributed by atoms with Crippen LogP contribution in [0.1, 0.15) is 19.8 Å². The number of rotatable bonds is 4. The standard InChI is InChI=1S/C12H17FN2O4/c1-6(12(14)18)2-3-9(17)15-4-7(13)11-10(15)8(16)5-19-11/h6-7,10-11H,2-5H2,1H3,(H2,14,18). The first kappa shape index (κ1) is 13.9. The second-order valence-corrected chi connectivity index (χ2v) is 5.09. The molecule has 0 spiro atoms. The van der Waals surface area contributed by atoms with E-state index in [4.69, 9.17) is 10.5 Å². The first-order valence-electron chi connectivity index (χ1n) is 6.29. The molecule has 2 amide bonds. The van der Waals surface area contributed by atoms with E-state index in [9.17, 15) is 18.8 Å². The van der Waals surface area contributed by atoms with Crippen molar-refractivity contribution in [3.63, 3.8) is 0 Å². The molecule has 2 aliphatic rings. The number of nitrogens with zero attached hydrogens (tertiary/aromatic N) is 1. The molecule has 2 saturated heterocycles. The number of ketones is 1. The Morgan fingerprint density at radius 1 is 1.58 bits per heavy atom. The number of hydrogen-bond acceptors (Lipinski definition) is 4. The van der Waals surface area contributed by atoms with Gasteiger partial charge in [-0.05, 0) is 6.42 Å². The Labute approximate surface area is 110 Å². The Bertz CT molecular complexity index is 415. The van der Waals surface area contributed by atoms with Crippen molar-refractivity contribution in [3.8, 4) is 0 Å². The molecule has 7 heteroatoms. The molecule has 106 valence electrons. The number of primary amides is 1. The molecule has 0 aliphatic carbocycles. The van der Waals surface area contributed by atoms with Crippen molar-refractivity contribution in [3.05, 3.63) is 0 Å². The predicted octanol–water partition coefficient (Wildman–Crippen LogP) is -0.595. The van der Waals surface area contributed by atoms with E-state index in [-0.39, 0.29) is 31.3 Å². The Hall–Kier alpha value is -1.50. The molecule has 4 unspecified atom stereocenters. The van der Waals surface area contributed by atoms with Gasteiger partial charge in [0.05, 0.1) is 6.54 Å². The number of Topliss-reactive ketones (excluding diaryl/α,β-unsaturated/α-hetero) is 1. The molecule has 0 aromatic heterocycles. The van der Waals surface area contributed by atoms with Crippen molar-refractivity contribution in [2.24, 2.45) is 11.7 Å². The minimum atomic E-state index is -1.33. The Morgan fingerprint density at radius 3 is 2.89 bits per heavy atom. The average molecular weight is 272 g/mol. The molecule has 0 bridgehead atoms. The maximum absolute atomic E-state index is 13.6. The molecule has 19 heavy (non-hydrogen) atoms. The van der Waals surface area contributed by atoms with Crippen LogP contribution in [0.4, 0.5) is 4.39 Å². The molecule has 6 nitrogen and oxygen atoms in total. The van der Waals surface area contributed by atoms with E-state index in [1.54, 1.807) is 6.92 Å². The zero-order valence-corrected chi connectivity index (χ0v) is 10.7. The van der Waals surface area contributed by atoms with Gasteiger partial charge in [0.1, 0.15) is 24.9 Å². The number of nitrogens with two attached hydrogens (primary N) is 1. The summed E-state index contributed by atoms with van der Waals surface area (Å²) in [6.45, 7) is 1.37. The van der Waals surface area contributed by atoms with Crippen LogP contribution in [0.2, 0.25) is 0 Å². The highest BCUT2D eigenvalue weighted by molar-refractivity contribution is 5.93. The summed E-state index contributed by atoms with van der Waals surface area (Å²) >= 11 is 0. The van der Waals surface area contributed by atoms with Crippen molar-refractivity contribution < 1.29 is 23.5 Å². The van der Waals surface area contributed by atoms with Crippen LogP contribution in [0.25, 0.3) is 0 Å². The van der Waals surface area contributed by atoms with Crippen LogP contribution in [-0.4, -0.2) is 54.0 Å². The maximum atomic E-state index is 13.6. The van der Waals surface area contributed by atoms with Crippen LogP contribution in [0.3, 0.4) is 0 Å². The van der Waals surface area contributed by atoms with Gasteiger partial charge in [-0.15, -0.1) is 0 Å². The van der Waals surface area contributed by atoms with Crippen LogP contribution < -0.4 is 5.73 Å². The zero-order chi connectivity index (χ0) is 14.2. The van der Waals surface area contributed by atoms with E-state index in [1.807, 2.05) is 0 Å². The lowest BCUT2D eigenvalue weighted by Gasteiger charge is -2.21. The number of carbonyl (C=O) groups is 3. The molecule has 0 aromatic rings. The van der Waals surface area contributed by atoms with Crippen LogP contribution in [0, 0.1) is 5.92 Å². The van der Waals surface area contributed by atoms with Crippen molar-refractivity contribution in [1.82, 2.24) is 4.90 Å². The topological polar surface area (TPSA) is 89.7 Å². The molecule has 0 saturated carbocycles. The first-order chi connectivity index (χ1) is 8.91. The Morgan fingerprint density at radius 2 is 2.26 bits per heavy atom. The van der Waals surface area contributed by atoms with E-state index in [1.165, 1.54) is 4.90 Å². The summed E-state index contributed by atoms with van der Waals surface area (Å²) in [5.41, 5.74) is 5.11. The molecular formula is C12H17FN2O4. The summed E-state index contributed by atoms with van der Waals surface area (Å²) < 4.78 is 18.7. The number of amides is 2. The van der Waals surface area contributed by atoms with Gasteiger partial charge in [0.25, 0.3) is 0 Å². The lowest BCUT2D eigenvalue weighted by molar-refractivity contribution is -0.137. The van der Waals surface area contributed by atoms with Gasteiger partial charge >= 0.3 is 0 Å². The summed E-state index contributed by atoms with van der Waals surface area (Å²) in [6.07, 6.45) is -1.78. The second-order valence-electron chi connectivity index (χ2n) is 5.09. The van der Waals surface area contributed by atoms with Gasteiger partial charge < -0.3 is 15.4 Å². The molecule has 2 rings (SSSR count). The van der Waals surface area contributed by atoms with Crippen molar-refractivity contribution in [2.45, 2.75) is 38.1 Å². The number of carbonyl (C=O) groups excluding carboxylic acids is 3. The number of halogens is 1. The van der Waals surface area contributed by atoms with Gasteiger partial charge in [0, 0.05) is 12.3 Å². The normalized spacial score (nSPS) is 31.4. The average Bonchev–Trinajstić information content (AvgIpc) is 2.88. The molecule has 2 fully saturated rings. The largest absolute Gasteiger partial charge is 0.369 e. The van der Waals surface area contributed by atoms with E-state index in [2.05, 4.69) is 0 Å². The number of alkyl halides is 1. The smallest absolute Gasteiger partial charge is 0.223 e. The van der Waals surface area contributed by atoms with Gasteiger partial charge in [0.2, 0.25) is 11.8 Å². The van der Waals surface area contributed by atoms with Gasteiger partial charge in [-0.1, -0.05) is 6.92 Å². The van der Waals surface area contributed by atoms with Gasteiger partial charge in [-0.2, -0.15) is 0 Å². The zero-order valence-electron chi connectivity index (χ0n) is 10.7. The quantitative estimate of drug-likeness (QED) is 0.740. The summed E-state index contributed by atoms with van der Waals surface area (Å²) in [6, 6.07) is -0.800. The highest BCUT2D eigenvalue weighted by Crippen LogP contribution is 2.30. The number of hydrogen-bond donors (Lipinski definition) is 1. The van der Waals surface area contributed by atoms with Crippen molar-refractivity contribution in [2.75, 3.05) is 13.2 Å². The van der Waals surface area contributed by atoms with Gasteiger partial charge in [0.15, 0.2) is 5.78 Å². The molecule has 2 N–H and O–H groups in total. The fraction of sp³-hybridized carbons (Fsp3) is 0.750. The van der Waals surface area contributed by atoms with E-state index < -0.39 is 30.1 Å². The van der Waals surface area contributed by atoms with Crippen LogP contribution >= 0.6 is 0 Å². The Kier molecular flexibility index (Phi) is 3.84.